The summed E-state index contributed by atoms with van der Waals surface area (Å²) in [6.07, 6.45) is 0.179. The highest BCUT2D eigenvalue weighted by Gasteiger charge is 2.19. The van der Waals surface area contributed by atoms with E-state index in [1.165, 1.54) is 5.69 Å². The van der Waals surface area contributed by atoms with E-state index in [9.17, 15) is 9.90 Å². The first-order valence-electron chi connectivity index (χ1n) is 9.62. The van der Waals surface area contributed by atoms with Gasteiger partial charge in [0.2, 0.25) is 0 Å². The molecule has 0 bridgehead atoms. The highest BCUT2D eigenvalue weighted by molar-refractivity contribution is 7.99. The molecule has 1 unspecified atom stereocenters. The number of aliphatic hydroxyl groups excluding tert-OH is 1. The number of benzene rings is 2. The van der Waals surface area contributed by atoms with Crippen LogP contribution in [0.2, 0.25) is 0 Å². The summed E-state index contributed by atoms with van der Waals surface area (Å²) in [5.74, 6) is 0.834. The molecule has 5 heteroatoms. The van der Waals surface area contributed by atoms with Gasteiger partial charge < -0.3 is 10.0 Å². The first-order valence-corrected chi connectivity index (χ1v) is 10.6. The van der Waals surface area contributed by atoms with Gasteiger partial charge in [0.1, 0.15) is 0 Å². The smallest absolute Gasteiger partial charge is 0.162 e. The van der Waals surface area contributed by atoms with Gasteiger partial charge in [-0.05, 0) is 24.3 Å². The van der Waals surface area contributed by atoms with Crippen LogP contribution in [-0.2, 0) is 0 Å². The number of piperazine rings is 1. The standard InChI is InChI=1S/C22H28N2O2S/c1-2-22(26)18-8-10-21(11-9-18)27-17-20(25)16-23-12-14-24(15-13-23)19-6-4-3-5-7-19/h3-11,20,25H,2,12-17H2,1H3. The normalized spacial score (nSPS) is 16.3. The maximum atomic E-state index is 11.7. The molecule has 1 atom stereocenters. The zero-order valence-corrected chi connectivity index (χ0v) is 16.7. The van der Waals surface area contributed by atoms with Crippen LogP contribution in [0.4, 0.5) is 5.69 Å². The van der Waals surface area contributed by atoms with Crippen LogP contribution < -0.4 is 4.90 Å². The number of nitrogens with zero attached hydrogens (tertiary/aromatic N) is 2. The summed E-state index contributed by atoms with van der Waals surface area (Å²) < 4.78 is 0. The minimum atomic E-state index is -0.352. The minimum Gasteiger partial charge on any atom is -0.391 e. The summed E-state index contributed by atoms with van der Waals surface area (Å²) in [6.45, 7) is 6.53. The highest BCUT2D eigenvalue weighted by Crippen LogP contribution is 2.21. The molecule has 2 aromatic rings. The number of aliphatic hydroxyl groups is 1. The zero-order chi connectivity index (χ0) is 19.1. The lowest BCUT2D eigenvalue weighted by Crippen LogP contribution is -2.48. The molecule has 0 spiro atoms. The molecule has 0 amide bonds. The van der Waals surface area contributed by atoms with E-state index in [0.29, 0.717) is 18.7 Å². The summed E-state index contributed by atoms with van der Waals surface area (Å²) >= 11 is 1.64. The lowest BCUT2D eigenvalue weighted by atomic mass is 10.1. The van der Waals surface area contributed by atoms with E-state index in [1.54, 1.807) is 11.8 Å². The monoisotopic (exact) mass is 384 g/mol. The third-order valence-electron chi connectivity index (χ3n) is 4.90. The first kappa shape index (κ1) is 19.9. The highest BCUT2D eigenvalue weighted by atomic mass is 32.2. The maximum absolute atomic E-state index is 11.7. The number of para-hydroxylation sites is 1. The first-order chi connectivity index (χ1) is 13.2. The van der Waals surface area contributed by atoms with Gasteiger partial charge in [-0.15, -0.1) is 11.8 Å². The van der Waals surface area contributed by atoms with Gasteiger partial charge in [-0.2, -0.15) is 0 Å². The van der Waals surface area contributed by atoms with Crippen molar-refractivity contribution in [2.45, 2.75) is 24.3 Å². The number of hydrogen-bond acceptors (Lipinski definition) is 5. The van der Waals surface area contributed by atoms with E-state index in [1.807, 2.05) is 37.3 Å². The molecular weight excluding hydrogens is 356 g/mol. The Morgan fingerprint density at radius 3 is 2.33 bits per heavy atom. The summed E-state index contributed by atoms with van der Waals surface area (Å²) in [6, 6.07) is 18.2. The molecule has 0 aromatic heterocycles. The molecule has 0 saturated carbocycles. The Kier molecular flexibility index (Phi) is 7.33. The number of carbonyl (C=O) groups is 1. The van der Waals surface area contributed by atoms with Crippen LogP contribution >= 0.6 is 11.8 Å². The van der Waals surface area contributed by atoms with Crippen molar-refractivity contribution in [3.05, 3.63) is 60.2 Å². The molecule has 4 nitrogen and oxygen atoms in total. The Labute approximate surface area is 166 Å². The fraction of sp³-hybridized carbons (Fsp3) is 0.409. The van der Waals surface area contributed by atoms with Gasteiger partial charge in [-0.1, -0.05) is 37.3 Å². The van der Waals surface area contributed by atoms with Crippen LogP contribution in [-0.4, -0.2) is 60.4 Å². The number of rotatable bonds is 8. The largest absolute Gasteiger partial charge is 0.391 e. The van der Waals surface area contributed by atoms with Gasteiger partial charge in [0.25, 0.3) is 0 Å². The predicted octanol–water partition coefficient (Wildman–Crippen LogP) is 3.55. The lowest BCUT2D eigenvalue weighted by molar-refractivity contribution is 0.0988. The lowest BCUT2D eigenvalue weighted by Gasteiger charge is -2.36. The average molecular weight is 385 g/mol. The molecule has 144 valence electrons. The molecule has 0 aliphatic carbocycles. The van der Waals surface area contributed by atoms with Crippen molar-refractivity contribution >= 4 is 23.2 Å². The van der Waals surface area contributed by atoms with E-state index >= 15 is 0 Å². The second-order valence-electron chi connectivity index (χ2n) is 6.89. The molecular formula is C22H28N2O2S. The Morgan fingerprint density at radius 2 is 1.70 bits per heavy atom. The second-order valence-corrected chi connectivity index (χ2v) is 7.98. The molecule has 27 heavy (non-hydrogen) atoms. The van der Waals surface area contributed by atoms with E-state index in [-0.39, 0.29) is 11.9 Å². The summed E-state index contributed by atoms with van der Waals surface area (Å²) in [5.41, 5.74) is 2.04. The van der Waals surface area contributed by atoms with Gasteiger partial charge in [-0.25, -0.2) is 0 Å². The van der Waals surface area contributed by atoms with Crippen LogP contribution in [0.25, 0.3) is 0 Å². The fourth-order valence-electron chi connectivity index (χ4n) is 3.31. The Balaban J connectivity index is 1.40. The van der Waals surface area contributed by atoms with E-state index in [0.717, 1.165) is 36.6 Å². The van der Waals surface area contributed by atoms with Gasteiger partial charge >= 0.3 is 0 Å². The number of β-amino-alcohol motifs (C(OH)–C–C–N with tert-alkyl or cyclic N) is 1. The topological polar surface area (TPSA) is 43.8 Å². The van der Waals surface area contributed by atoms with Gasteiger partial charge in [-0.3, -0.25) is 9.69 Å². The van der Waals surface area contributed by atoms with E-state index < -0.39 is 0 Å². The molecule has 1 N–H and O–H groups in total. The third kappa shape index (κ3) is 5.83. The number of anilines is 1. The molecule has 1 heterocycles. The number of carbonyl (C=O) groups excluding carboxylic acids is 1. The van der Waals surface area contributed by atoms with Crippen molar-refractivity contribution in [3.63, 3.8) is 0 Å². The maximum Gasteiger partial charge on any atom is 0.162 e. The molecule has 0 radical (unpaired) electrons. The Bertz CT molecular complexity index is 713. The average Bonchev–Trinajstić information content (AvgIpc) is 2.73. The SMILES string of the molecule is CCC(=O)c1ccc(SCC(O)CN2CCN(c3ccccc3)CC2)cc1. The van der Waals surface area contributed by atoms with Crippen molar-refractivity contribution < 1.29 is 9.90 Å². The van der Waals surface area contributed by atoms with Crippen LogP contribution in [0.3, 0.4) is 0 Å². The van der Waals surface area contributed by atoms with Crippen molar-refractivity contribution in [3.8, 4) is 0 Å². The third-order valence-corrected chi connectivity index (χ3v) is 6.06. The van der Waals surface area contributed by atoms with Crippen LogP contribution in [0.1, 0.15) is 23.7 Å². The van der Waals surface area contributed by atoms with E-state index in [4.69, 9.17) is 0 Å². The van der Waals surface area contributed by atoms with Crippen molar-refractivity contribution in [1.29, 1.82) is 0 Å². The summed E-state index contributed by atoms with van der Waals surface area (Å²) in [4.78, 5) is 17.5. The Morgan fingerprint density at radius 1 is 1.04 bits per heavy atom. The number of hydrogen-bond donors (Lipinski definition) is 1. The summed E-state index contributed by atoms with van der Waals surface area (Å²) in [5, 5.41) is 10.4. The van der Waals surface area contributed by atoms with E-state index in [2.05, 4.69) is 34.1 Å². The number of ketones is 1. The molecule has 1 fully saturated rings. The van der Waals surface area contributed by atoms with Crippen LogP contribution in [0.15, 0.2) is 59.5 Å². The van der Waals surface area contributed by atoms with Gasteiger partial charge in [0.05, 0.1) is 6.10 Å². The second kappa shape index (κ2) is 9.93. The van der Waals surface area contributed by atoms with Crippen molar-refractivity contribution in [2.75, 3.05) is 43.4 Å². The molecule has 1 aliphatic rings. The van der Waals surface area contributed by atoms with Crippen LogP contribution in [0, 0.1) is 0 Å². The quantitative estimate of drug-likeness (QED) is 0.557. The van der Waals surface area contributed by atoms with Crippen molar-refractivity contribution in [1.82, 2.24) is 4.90 Å². The fourth-order valence-corrected chi connectivity index (χ4v) is 4.13. The zero-order valence-electron chi connectivity index (χ0n) is 15.9. The number of Topliss-reactive ketones (excluding diaryl/α,β-unsaturated/α-hetero) is 1. The molecule has 2 aromatic carbocycles. The molecule has 1 aliphatic heterocycles. The Hall–Kier alpha value is -1.82. The van der Waals surface area contributed by atoms with Gasteiger partial charge in [0, 0.05) is 61.0 Å². The van der Waals surface area contributed by atoms with Crippen molar-refractivity contribution in [2.24, 2.45) is 0 Å². The number of thioether (sulfide) groups is 1. The molecule has 3 rings (SSSR count). The van der Waals surface area contributed by atoms with Gasteiger partial charge in [0.15, 0.2) is 5.78 Å². The minimum absolute atomic E-state index is 0.168. The predicted molar refractivity (Wildman–Crippen MR) is 113 cm³/mol. The van der Waals surface area contributed by atoms with Crippen LogP contribution in [0.5, 0.6) is 0 Å². The molecule has 1 saturated heterocycles. The summed E-state index contributed by atoms with van der Waals surface area (Å²) in [7, 11) is 0.